The summed E-state index contributed by atoms with van der Waals surface area (Å²) in [5.41, 5.74) is 0.750. The number of halogens is 3. The summed E-state index contributed by atoms with van der Waals surface area (Å²) in [6.07, 6.45) is -3.42. The number of hydrogen-bond acceptors (Lipinski definition) is 8. The minimum atomic E-state index is -4.71. The number of anilines is 1. The van der Waals surface area contributed by atoms with Gasteiger partial charge in [0.2, 0.25) is 0 Å². The van der Waals surface area contributed by atoms with E-state index in [0.717, 1.165) is 6.07 Å². The van der Waals surface area contributed by atoms with Gasteiger partial charge < -0.3 is 14.2 Å². The molecule has 0 heterocycles. The minimum Gasteiger partial charge on any atom is -0.490 e. The van der Waals surface area contributed by atoms with Gasteiger partial charge in [-0.3, -0.25) is 15.5 Å². The zero-order chi connectivity index (χ0) is 23.7. The second-order valence-electron chi connectivity index (χ2n) is 6.09. The van der Waals surface area contributed by atoms with Crippen LogP contribution in [0.1, 0.15) is 25.0 Å². The highest BCUT2D eigenvalue weighted by atomic mass is 19.4. The van der Waals surface area contributed by atoms with E-state index in [1.165, 1.54) is 12.3 Å². The van der Waals surface area contributed by atoms with Crippen LogP contribution in [-0.2, 0) is 15.7 Å². The van der Waals surface area contributed by atoms with Gasteiger partial charge in [-0.2, -0.15) is 18.3 Å². The largest absolute Gasteiger partial charge is 0.490 e. The molecule has 172 valence electrons. The van der Waals surface area contributed by atoms with Crippen LogP contribution in [-0.4, -0.2) is 36.9 Å². The highest BCUT2D eigenvalue weighted by Crippen LogP contribution is 2.35. The SMILES string of the molecule is CCOC(=O)COc1ccc(/C=N\Nc2ccc(C(F)(F)F)cc2[N+](=O)[O-])cc1OCC. The van der Waals surface area contributed by atoms with Gasteiger partial charge in [-0.15, -0.1) is 0 Å². The van der Waals surface area contributed by atoms with Crippen LogP contribution in [0.25, 0.3) is 0 Å². The third-order valence-corrected chi connectivity index (χ3v) is 3.84. The summed E-state index contributed by atoms with van der Waals surface area (Å²) in [6, 6.07) is 6.74. The Morgan fingerprint density at radius 2 is 1.88 bits per heavy atom. The maximum atomic E-state index is 12.8. The molecule has 32 heavy (non-hydrogen) atoms. The zero-order valence-corrected chi connectivity index (χ0v) is 17.1. The van der Waals surface area contributed by atoms with Crippen LogP contribution in [0.3, 0.4) is 0 Å². The molecule has 0 aliphatic carbocycles. The summed E-state index contributed by atoms with van der Waals surface area (Å²) in [7, 11) is 0. The van der Waals surface area contributed by atoms with Gasteiger partial charge in [-0.25, -0.2) is 4.79 Å². The molecule has 2 aromatic carbocycles. The van der Waals surface area contributed by atoms with Crippen LogP contribution < -0.4 is 14.9 Å². The third kappa shape index (κ3) is 6.86. The molecular formula is C20H20F3N3O6. The first-order valence-corrected chi connectivity index (χ1v) is 9.35. The Labute approximate surface area is 180 Å². The number of ether oxygens (including phenoxy) is 3. The van der Waals surface area contributed by atoms with Crippen LogP contribution in [0.4, 0.5) is 24.5 Å². The van der Waals surface area contributed by atoms with Crippen LogP contribution in [0.15, 0.2) is 41.5 Å². The fourth-order valence-electron chi connectivity index (χ4n) is 2.46. The first-order valence-electron chi connectivity index (χ1n) is 9.35. The molecule has 0 saturated heterocycles. The van der Waals surface area contributed by atoms with E-state index < -0.39 is 28.3 Å². The lowest BCUT2D eigenvalue weighted by Gasteiger charge is -2.12. The van der Waals surface area contributed by atoms with Gasteiger partial charge in [0.05, 0.1) is 29.9 Å². The van der Waals surface area contributed by atoms with Crippen molar-refractivity contribution in [3.8, 4) is 11.5 Å². The second kappa shape index (κ2) is 11.0. The second-order valence-corrected chi connectivity index (χ2v) is 6.09. The lowest BCUT2D eigenvalue weighted by Crippen LogP contribution is -2.15. The molecule has 0 amide bonds. The number of alkyl halides is 3. The molecule has 0 radical (unpaired) electrons. The summed E-state index contributed by atoms with van der Waals surface area (Å²) < 4.78 is 54.0. The number of benzene rings is 2. The quantitative estimate of drug-likeness (QED) is 0.245. The molecule has 9 nitrogen and oxygen atoms in total. The molecule has 0 aromatic heterocycles. The molecule has 0 fully saturated rings. The Hall–Kier alpha value is -3.83. The standard InChI is InChI=1S/C20H20F3N3O6/c1-3-30-18-9-13(5-8-17(18)32-12-19(27)31-4-2)11-24-25-15-7-6-14(20(21,22)23)10-16(15)26(28)29/h5-11,25H,3-4,12H2,1-2H3/b24-11-. The number of carbonyl (C=O) groups excluding carboxylic acids is 1. The number of nitrogens with zero attached hydrogens (tertiary/aromatic N) is 2. The number of nitrogens with one attached hydrogen (secondary N) is 1. The molecule has 0 atom stereocenters. The molecular weight excluding hydrogens is 435 g/mol. The third-order valence-electron chi connectivity index (χ3n) is 3.84. The van der Waals surface area contributed by atoms with Crippen molar-refractivity contribution < 1.29 is 37.1 Å². The van der Waals surface area contributed by atoms with Gasteiger partial charge in [0.15, 0.2) is 18.1 Å². The summed E-state index contributed by atoms with van der Waals surface area (Å²) in [5, 5.41) is 15.0. The Morgan fingerprint density at radius 3 is 2.50 bits per heavy atom. The van der Waals surface area contributed by atoms with Crippen LogP contribution in [0.5, 0.6) is 11.5 Å². The van der Waals surface area contributed by atoms with E-state index >= 15 is 0 Å². The summed E-state index contributed by atoms with van der Waals surface area (Å²) in [6.45, 7) is 3.65. The molecule has 12 heteroatoms. The van der Waals surface area contributed by atoms with Crippen molar-refractivity contribution in [2.75, 3.05) is 25.2 Å². The monoisotopic (exact) mass is 455 g/mol. The predicted octanol–water partition coefficient (Wildman–Crippen LogP) is 4.40. The molecule has 0 unspecified atom stereocenters. The fourth-order valence-corrected chi connectivity index (χ4v) is 2.46. The number of nitro benzene ring substituents is 1. The molecule has 0 aliphatic rings. The maximum Gasteiger partial charge on any atom is 0.416 e. The van der Waals surface area contributed by atoms with Gasteiger partial charge in [0.25, 0.3) is 5.69 Å². The normalized spacial score (nSPS) is 11.3. The summed E-state index contributed by atoms with van der Waals surface area (Å²) in [5.74, 6) is 0.0765. The van der Waals surface area contributed by atoms with Crippen molar-refractivity contribution in [2.45, 2.75) is 20.0 Å². The summed E-state index contributed by atoms with van der Waals surface area (Å²) in [4.78, 5) is 21.6. The fraction of sp³-hybridized carbons (Fsp3) is 0.300. The van der Waals surface area contributed by atoms with Crippen molar-refractivity contribution in [2.24, 2.45) is 5.10 Å². The van der Waals surface area contributed by atoms with E-state index in [1.807, 2.05) is 0 Å². The molecule has 0 aliphatic heterocycles. The lowest BCUT2D eigenvalue weighted by molar-refractivity contribution is -0.384. The predicted molar refractivity (Wildman–Crippen MR) is 109 cm³/mol. The smallest absolute Gasteiger partial charge is 0.416 e. The van der Waals surface area contributed by atoms with Crippen LogP contribution in [0, 0.1) is 10.1 Å². The van der Waals surface area contributed by atoms with Gasteiger partial charge in [0, 0.05) is 6.07 Å². The number of hydrogen-bond donors (Lipinski definition) is 1. The number of nitro groups is 1. The molecule has 0 spiro atoms. The average Bonchev–Trinajstić information content (AvgIpc) is 2.73. The maximum absolute atomic E-state index is 12.8. The van der Waals surface area contributed by atoms with Gasteiger partial charge >= 0.3 is 12.1 Å². The van der Waals surface area contributed by atoms with Crippen molar-refractivity contribution in [1.29, 1.82) is 0 Å². The van der Waals surface area contributed by atoms with E-state index in [9.17, 15) is 28.1 Å². The number of rotatable bonds is 10. The Morgan fingerprint density at radius 1 is 1.12 bits per heavy atom. The van der Waals surface area contributed by atoms with E-state index in [2.05, 4.69) is 10.5 Å². The Bertz CT molecular complexity index is 995. The highest BCUT2D eigenvalue weighted by Gasteiger charge is 2.33. The molecule has 0 bridgehead atoms. The van der Waals surface area contributed by atoms with E-state index in [4.69, 9.17) is 14.2 Å². The molecule has 1 N–H and O–H groups in total. The Balaban J connectivity index is 2.17. The van der Waals surface area contributed by atoms with E-state index in [1.54, 1.807) is 26.0 Å². The molecule has 0 saturated carbocycles. The Kier molecular flexibility index (Phi) is 8.38. The zero-order valence-electron chi connectivity index (χ0n) is 17.1. The van der Waals surface area contributed by atoms with E-state index in [-0.39, 0.29) is 18.9 Å². The first kappa shape index (κ1) is 24.4. The molecule has 2 aromatic rings. The number of carbonyl (C=O) groups is 1. The van der Waals surface area contributed by atoms with Crippen molar-refractivity contribution in [1.82, 2.24) is 0 Å². The van der Waals surface area contributed by atoms with Gasteiger partial charge in [-0.05, 0) is 49.7 Å². The lowest BCUT2D eigenvalue weighted by atomic mass is 10.1. The average molecular weight is 455 g/mol. The van der Waals surface area contributed by atoms with Gasteiger partial charge in [-0.1, -0.05) is 0 Å². The number of hydrazone groups is 1. The van der Waals surface area contributed by atoms with Crippen molar-refractivity contribution >= 4 is 23.6 Å². The minimum absolute atomic E-state index is 0.210. The first-order chi connectivity index (χ1) is 15.2. The van der Waals surface area contributed by atoms with Crippen LogP contribution >= 0.6 is 0 Å². The van der Waals surface area contributed by atoms with E-state index in [0.29, 0.717) is 35.8 Å². The van der Waals surface area contributed by atoms with Gasteiger partial charge in [0.1, 0.15) is 5.69 Å². The number of esters is 1. The van der Waals surface area contributed by atoms with Crippen molar-refractivity contribution in [3.05, 3.63) is 57.6 Å². The van der Waals surface area contributed by atoms with Crippen LogP contribution in [0.2, 0.25) is 0 Å². The summed E-state index contributed by atoms with van der Waals surface area (Å²) >= 11 is 0. The highest BCUT2D eigenvalue weighted by molar-refractivity contribution is 5.82. The molecule has 2 rings (SSSR count). The van der Waals surface area contributed by atoms with Crippen molar-refractivity contribution in [3.63, 3.8) is 0 Å². The topological polar surface area (TPSA) is 112 Å².